The van der Waals surface area contributed by atoms with Crippen LogP contribution in [-0.4, -0.2) is 43.1 Å². The van der Waals surface area contributed by atoms with E-state index in [-0.39, 0.29) is 11.5 Å². The van der Waals surface area contributed by atoms with Gasteiger partial charge >= 0.3 is 5.97 Å². The fourth-order valence-electron chi connectivity index (χ4n) is 3.37. The lowest BCUT2D eigenvalue weighted by Gasteiger charge is -2.42. The van der Waals surface area contributed by atoms with Crippen LogP contribution in [0.1, 0.15) is 18.4 Å². The Morgan fingerprint density at radius 2 is 2.05 bits per heavy atom. The minimum absolute atomic E-state index is 0.0948. The molecule has 2 aliphatic heterocycles. The van der Waals surface area contributed by atoms with Crippen LogP contribution >= 0.6 is 0 Å². The second kappa shape index (κ2) is 4.48. The van der Waals surface area contributed by atoms with Crippen molar-refractivity contribution in [3.8, 4) is 0 Å². The first-order valence-electron chi connectivity index (χ1n) is 6.74. The number of hydrogen-bond donors (Lipinski definition) is 1. The van der Waals surface area contributed by atoms with Crippen molar-refractivity contribution >= 4 is 21.5 Å². The highest BCUT2D eigenvalue weighted by molar-refractivity contribution is 7.91. The van der Waals surface area contributed by atoms with E-state index in [1.54, 1.807) is 4.90 Å². The molecule has 1 saturated heterocycles. The van der Waals surface area contributed by atoms with Gasteiger partial charge in [0.25, 0.3) is 0 Å². The molecule has 20 heavy (non-hydrogen) atoms. The zero-order valence-corrected chi connectivity index (χ0v) is 11.9. The molecular weight excluding hydrogens is 278 g/mol. The van der Waals surface area contributed by atoms with Crippen molar-refractivity contribution < 1.29 is 18.3 Å². The Hall–Kier alpha value is -1.56. The highest BCUT2D eigenvalue weighted by Gasteiger charge is 2.51. The van der Waals surface area contributed by atoms with Crippen LogP contribution in [0.25, 0.3) is 0 Å². The monoisotopic (exact) mass is 295 g/mol. The SMILES string of the molecule is O=C(O)C1(N2CCc3ccccc32)CCCS(=O)(=O)C1. The summed E-state index contributed by atoms with van der Waals surface area (Å²) in [5.41, 5.74) is 0.659. The van der Waals surface area contributed by atoms with Gasteiger partial charge in [-0.15, -0.1) is 0 Å². The third kappa shape index (κ3) is 1.98. The molecule has 1 aromatic rings. The van der Waals surface area contributed by atoms with Crippen molar-refractivity contribution in [1.29, 1.82) is 0 Å². The number of nitrogens with zero attached hydrogens (tertiary/aromatic N) is 1. The predicted molar refractivity (Wildman–Crippen MR) is 75.7 cm³/mol. The average Bonchev–Trinajstić information content (AvgIpc) is 2.81. The molecule has 1 N–H and O–H groups in total. The number of para-hydroxylation sites is 1. The highest BCUT2D eigenvalue weighted by Crippen LogP contribution is 2.38. The largest absolute Gasteiger partial charge is 0.479 e. The van der Waals surface area contributed by atoms with Crippen molar-refractivity contribution in [2.75, 3.05) is 23.0 Å². The van der Waals surface area contributed by atoms with Crippen molar-refractivity contribution in [3.63, 3.8) is 0 Å². The molecule has 0 aromatic heterocycles. The molecule has 0 spiro atoms. The number of carbonyl (C=O) groups is 1. The number of anilines is 1. The lowest BCUT2D eigenvalue weighted by atomic mass is 9.93. The fraction of sp³-hybridized carbons (Fsp3) is 0.500. The van der Waals surface area contributed by atoms with E-state index in [0.29, 0.717) is 19.4 Å². The molecule has 2 aliphatic rings. The lowest BCUT2D eigenvalue weighted by molar-refractivity contribution is -0.143. The van der Waals surface area contributed by atoms with Crippen LogP contribution in [0.3, 0.4) is 0 Å². The number of aliphatic carboxylic acids is 1. The van der Waals surface area contributed by atoms with Gasteiger partial charge in [-0.05, 0) is 30.9 Å². The Balaban J connectivity index is 2.07. The summed E-state index contributed by atoms with van der Waals surface area (Å²) in [5, 5.41) is 9.70. The summed E-state index contributed by atoms with van der Waals surface area (Å²) in [5.74, 6) is -1.22. The molecule has 0 bridgehead atoms. The van der Waals surface area contributed by atoms with Gasteiger partial charge in [0.05, 0.1) is 11.5 Å². The zero-order chi connectivity index (χ0) is 14.4. The summed E-state index contributed by atoms with van der Waals surface area (Å²) < 4.78 is 23.9. The Labute approximate surface area is 118 Å². The quantitative estimate of drug-likeness (QED) is 0.883. The second-order valence-electron chi connectivity index (χ2n) is 5.56. The van der Waals surface area contributed by atoms with Crippen LogP contribution < -0.4 is 4.90 Å². The standard InChI is InChI=1S/C14H17NO4S/c16-13(17)14(7-3-9-20(18,19)10-14)15-8-6-11-4-1-2-5-12(11)15/h1-2,4-5H,3,6-10H2,(H,16,17). The average molecular weight is 295 g/mol. The Bertz CT molecular complexity index is 655. The number of carboxylic acid groups (broad SMARTS) is 1. The fourth-order valence-corrected chi connectivity index (χ4v) is 5.25. The van der Waals surface area contributed by atoms with E-state index in [0.717, 1.165) is 17.7 Å². The van der Waals surface area contributed by atoms with Gasteiger partial charge in [0.1, 0.15) is 0 Å². The maximum absolute atomic E-state index is 11.9. The Morgan fingerprint density at radius 1 is 1.30 bits per heavy atom. The first kappa shape index (κ1) is 13.4. The minimum Gasteiger partial charge on any atom is -0.479 e. The summed E-state index contributed by atoms with van der Waals surface area (Å²) in [7, 11) is -3.30. The molecule has 108 valence electrons. The maximum Gasteiger partial charge on any atom is 0.330 e. The lowest BCUT2D eigenvalue weighted by Crippen LogP contribution is -2.61. The van der Waals surface area contributed by atoms with Crippen LogP contribution in [0.2, 0.25) is 0 Å². The first-order chi connectivity index (χ1) is 9.45. The number of carboxylic acids is 1. The molecule has 3 rings (SSSR count). The first-order valence-corrected chi connectivity index (χ1v) is 8.56. The number of fused-ring (bicyclic) bond motifs is 1. The molecular formula is C14H17NO4S. The molecule has 1 aromatic carbocycles. The molecule has 1 atom stereocenters. The van der Waals surface area contributed by atoms with E-state index >= 15 is 0 Å². The van der Waals surface area contributed by atoms with E-state index in [1.807, 2.05) is 24.3 Å². The van der Waals surface area contributed by atoms with Gasteiger partial charge in [-0.3, -0.25) is 0 Å². The van der Waals surface area contributed by atoms with E-state index in [1.165, 1.54) is 0 Å². The Morgan fingerprint density at radius 3 is 2.75 bits per heavy atom. The normalized spacial score (nSPS) is 28.1. The maximum atomic E-state index is 11.9. The molecule has 0 amide bonds. The van der Waals surface area contributed by atoms with Crippen LogP contribution in [0, 0.1) is 0 Å². The summed E-state index contributed by atoms with van der Waals surface area (Å²) in [6.45, 7) is 0.571. The molecule has 2 heterocycles. The van der Waals surface area contributed by atoms with E-state index in [4.69, 9.17) is 0 Å². The number of sulfone groups is 1. The molecule has 6 heteroatoms. The van der Waals surface area contributed by atoms with Crippen LogP contribution in [-0.2, 0) is 21.1 Å². The van der Waals surface area contributed by atoms with Crippen LogP contribution in [0.5, 0.6) is 0 Å². The minimum atomic E-state index is -3.30. The van der Waals surface area contributed by atoms with Crippen LogP contribution in [0.15, 0.2) is 24.3 Å². The van der Waals surface area contributed by atoms with Crippen LogP contribution in [0.4, 0.5) is 5.69 Å². The molecule has 1 unspecified atom stereocenters. The molecule has 5 nitrogen and oxygen atoms in total. The molecule has 0 saturated carbocycles. The van der Waals surface area contributed by atoms with E-state index < -0.39 is 21.3 Å². The van der Waals surface area contributed by atoms with E-state index in [2.05, 4.69) is 0 Å². The Kier molecular flexibility index (Phi) is 3.01. The summed E-state index contributed by atoms with van der Waals surface area (Å²) >= 11 is 0. The van der Waals surface area contributed by atoms with Gasteiger partial charge in [-0.2, -0.15) is 0 Å². The van der Waals surface area contributed by atoms with Crippen molar-refractivity contribution in [2.24, 2.45) is 0 Å². The van der Waals surface area contributed by atoms with E-state index in [9.17, 15) is 18.3 Å². The highest BCUT2D eigenvalue weighted by atomic mass is 32.2. The smallest absolute Gasteiger partial charge is 0.330 e. The number of rotatable bonds is 2. The van der Waals surface area contributed by atoms with Gasteiger partial charge in [0.2, 0.25) is 0 Å². The second-order valence-corrected chi connectivity index (χ2v) is 7.75. The number of hydrogen-bond acceptors (Lipinski definition) is 4. The van der Waals surface area contributed by atoms with Gasteiger partial charge in [0, 0.05) is 12.2 Å². The van der Waals surface area contributed by atoms with Gasteiger partial charge in [-0.25, -0.2) is 13.2 Å². The topological polar surface area (TPSA) is 74.7 Å². The van der Waals surface area contributed by atoms with Gasteiger partial charge in [0.15, 0.2) is 15.4 Å². The van der Waals surface area contributed by atoms with Gasteiger partial charge < -0.3 is 10.0 Å². The van der Waals surface area contributed by atoms with Crippen molar-refractivity contribution in [1.82, 2.24) is 0 Å². The summed E-state index contributed by atoms with van der Waals surface area (Å²) in [6, 6.07) is 7.65. The summed E-state index contributed by atoms with van der Waals surface area (Å²) in [4.78, 5) is 13.6. The zero-order valence-electron chi connectivity index (χ0n) is 11.1. The molecule has 0 radical (unpaired) electrons. The number of benzene rings is 1. The van der Waals surface area contributed by atoms with Crippen molar-refractivity contribution in [2.45, 2.75) is 24.8 Å². The predicted octanol–water partition coefficient (Wildman–Crippen LogP) is 1.08. The van der Waals surface area contributed by atoms with Crippen molar-refractivity contribution in [3.05, 3.63) is 29.8 Å². The summed E-state index contributed by atoms with van der Waals surface area (Å²) in [6.07, 6.45) is 1.56. The third-order valence-corrected chi connectivity index (χ3v) is 6.13. The molecule has 0 aliphatic carbocycles. The molecule has 1 fully saturated rings. The van der Waals surface area contributed by atoms with Gasteiger partial charge in [-0.1, -0.05) is 18.2 Å². The third-order valence-electron chi connectivity index (χ3n) is 4.31.